The Labute approximate surface area is 158 Å². The lowest BCUT2D eigenvalue weighted by molar-refractivity contribution is 0.213. The first-order valence-corrected chi connectivity index (χ1v) is 8.48. The number of oxime groups is 1. The highest BCUT2D eigenvalue weighted by molar-refractivity contribution is 5.98. The lowest BCUT2D eigenvalue weighted by Gasteiger charge is -2.27. The molecule has 0 saturated carbocycles. The Bertz CT molecular complexity index is 875. The molecule has 0 aliphatic rings. The maximum Gasteiger partial charge on any atom is 0.319 e. The summed E-state index contributed by atoms with van der Waals surface area (Å²) >= 11 is 0. The minimum atomic E-state index is -0.635. The van der Waals surface area contributed by atoms with E-state index in [2.05, 4.69) is 21.0 Å². The maximum absolute atomic E-state index is 12.4. The number of hydrogen-bond acceptors (Lipinski definition) is 5. The van der Waals surface area contributed by atoms with Crippen LogP contribution in [-0.2, 0) is 10.4 Å². The highest BCUT2D eigenvalue weighted by atomic mass is 16.6. The number of benzene rings is 2. The van der Waals surface area contributed by atoms with Gasteiger partial charge in [-0.15, -0.1) is 4.91 Å². The van der Waals surface area contributed by atoms with Crippen LogP contribution in [-0.4, -0.2) is 18.9 Å². The Kier molecular flexibility index (Phi) is 6.28. The van der Waals surface area contributed by atoms with Crippen molar-refractivity contribution in [1.82, 2.24) is 5.32 Å². The highest BCUT2D eigenvalue weighted by Crippen LogP contribution is 2.24. The van der Waals surface area contributed by atoms with Crippen molar-refractivity contribution in [1.29, 1.82) is 0 Å². The van der Waals surface area contributed by atoms with E-state index in [1.807, 2.05) is 45.0 Å². The summed E-state index contributed by atoms with van der Waals surface area (Å²) in [6.07, 6.45) is 0. The van der Waals surface area contributed by atoms with Crippen LogP contribution in [0.1, 0.15) is 37.5 Å². The van der Waals surface area contributed by atoms with Crippen molar-refractivity contribution in [2.24, 2.45) is 10.3 Å². The van der Waals surface area contributed by atoms with Gasteiger partial charge in [0.2, 0.25) is 0 Å². The van der Waals surface area contributed by atoms with Gasteiger partial charge in [0, 0.05) is 5.69 Å². The molecule has 0 aromatic heterocycles. The minimum absolute atomic E-state index is 0.299. The van der Waals surface area contributed by atoms with E-state index in [-0.39, 0.29) is 6.03 Å². The van der Waals surface area contributed by atoms with Crippen LogP contribution in [0.15, 0.2) is 52.8 Å². The SMILES string of the molecule is CO/N=C(\C)c1cccc(C(C)(C)NC(=O)Nc2ccc(C)c(N=O)c2)c1. The number of urea groups is 1. The van der Waals surface area contributed by atoms with Gasteiger partial charge in [0.05, 0.1) is 11.3 Å². The van der Waals surface area contributed by atoms with Crippen LogP contribution in [0.25, 0.3) is 0 Å². The molecule has 2 amide bonds. The Hall–Kier alpha value is -3.22. The predicted octanol–water partition coefficient (Wildman–Crippen LogP) is 4.82. The van der Waals surface area contributed by atoms with Crippen molar-refractivity contribution in [2.75, 3.05) is 12.4 Å². The number of nitrogens with zero attached hydrogens (tertiary/aromatic N) is 2. The molecule has 7 heteroatoms. The van der Waals surface area contributed by atoms with E-state index in [4.69, 9.17) is 4.84 Å². The van der Waals surface area contributed by atoms with Gasteiger partial charge in [-0.05, 0) is 67.8 Å². The van der Waals surface area contributed by atoms with Crippen molar-refractivity contribution >= 4 is 23.1 Å². The molecular formula is C20H24N4O3. The van der Waals surface area contributed by atoms with Crippen LogP contribution in [0.4, 0.5) is 16.2 Å². The summed E-state index contributed by atoms with van der Waals surface area (Å²) in [7, 11) is 1.50. The zero-order valence-corrected chi connectivity index (χ0v) is 16.2. The monoisotopic (exact) mass is 368 g/mol. The van der Waals surface area contributed by atoms with E-state index < -0.39 is 5.54 Å². The molecule has 27 heavy (non-hydrogen) atoms. The van der Waals surface area contributed by atoms with Gasteiger partial charge in [-0.2, -0.15) is 0 Å². The van der Waals surface area contributed by atoms with Crippen molar-refractivity contribution in [3.63, 3.8) is 0 Å². The van der Waals surface area contributed by atoms with Gasteiger partial charge < -0.3 is 15.5 Å². The van der Waals surface area contributed by atoms with E-state index >= 15 is 0 Å². The highest BCUT2D eigenvalue weighted by Gasteiger charge is 2.23. The molecule has 0 aliphatic carbocycles. The van der Waals surface area contributed by atoms with Crippen LogP contribution in [0, 0.1) is 11.8 Å². The number of amides is 2. The number of nitrogens with one attached hydrogen (secondary N) is 2. The molecule has 0 heterocycles. The Morgan fingerprint density at radius 3 is 2.56 bits per heavy atom. The van der Waals surface area contributed by atoms with E-state index in [0.29, 0.717) is 11.4 Å². The first-order chi connectivity index (χ1) is 12.8. The third-order valence-corrected chi connectivity index (χ3v) is 4.22. The summed E-state index contributed by atoms with van der Waals surface area (Å²) in [6.45, 7) is 7.45. The van der Waals surface area contributed by atoms with Crippen molar-refractivity contribution in [2.45, 2.75) is 33.2 Å². The van der Waals surface area contributed by atoms with Gasteiger partial charge >= 0.3 is 6.03 Å². The van der Waals surface area contributed by atoms with Crippen LogP contribution >= 0.6 is 0 Å². The third kappa shape index (κ3) is 5.13. The normalized spacial score (nSPS) is 11.7. The Morgan fingerprint density at radius 1 is 1.15 bits per heavy atom. The molecule has 2 N–H and O–H groups in total. The number of nitroso groups, excluding NO2 is 1. The predicted molar refractivity (Wildman–Crippen MR) is 107 cm³/mol. The second-order valence-corrected chi connectivity index (χ2v) is 6.74. The second-order valence-electron chi connectivity index (χ2n) is 6.74. The molecule has 0 saturated heterocycles. The van der Waals surface area contributed by atoms with Crippen molar-refractivity contribution in [3.8, 4) is 0 Å². The Morgan fingerprint density at radius 2 is 1.89 bits per heavy atom. The summed E-state index contributed by atoms with van der Waals surface area (Å²) in [5, 5.41) is 12.6. The van der Waals surface area contributed by atoms with Gasteiger partial charge in [0.25, 0.3) is 0 Å². The van der Waals surface area contributed by atoms with Gasteiger partial charge in [-0.3, -0.25) is 0 Å². The van der Waals surface area contributed by atoms with Gasteiger partial charge in [-0.1, -0.05) is 29.4 Å². The molecule has 0 fully saturated rings. The van der Waals surface area contributed by atoms with Gasteiger partial charge in [-0.25, -0.2) is 4.79 Å². The van der Waals surface area contributed by atoms with Gasteiger partial charge in [0.1, 0.15) is 12.8 Å². The number of aryl methyl sites for hydroxylation is 1. The second kappa shape index (κ2) is 8.44. The first-order valence-electron chi connectivity index (χ1n) is 8.48. The molecule has 2 aromatic carbocycles. The maximum atomic E-state index is 12.4. The van der Waals surface area contributed by atoms with Crippen LogP contribution < -0.4 is 10.6 Å². The number of anilines is 1. The summed E-state index contributed by atoms with van der Waals surface area (Å²) in [5.74, 6) is 0. The number of hydrogen-bond donors (Lipinski definition) is 2. The van der Waals surface area contributed by atoms with E-state index in [1.165, 1.54) is 7.11 Å². The first kappa shape index (κ1) is 20.1. The van der Waals surface area contributed by atoms with Crippen LogP contribution in [0.5, 0.6) is 0 Å². The molecule has 2 rings (SSSR count). The fourth-order valence-electron chi connectivity index (χ4n) is 2.63. The molecule has 0 aliphatic heterocycles. The van der Waals surface area contributed by atoms with Gasteiger partial charge in [0.15, 0.2) is 0 Å². The number of carbonyl (C=O) groups is 1. The largest absolute Gasteiger partial charge is 0.399 e. The number of carbonyl (C=O) groups excluding carboxylic acids is 1. The Balaban J connectivity index is 2.15. The molecule has 7 nitrogen and oxygen atoms in total. The number of rotatable bonds is 6. The lowest BCUT2D eigenvalue weighted by Crippen LogP contribution is -2.43. The minimum Gasteiger partial charge on any atom is -0.399 e. The molecule has 0 unspecified atom stereocenters. The molecular weight excluding hydrogens is 344 g/mol. The fraction of sp³-hybridized carbons (Fsp3) is 0.300. The summed E-state index contributed by atoms with van der Waals surface area (Å²) in [6, 6.07) is 12.3. The molecule has 0 atom stereocenters. The quantitative estimate of drug-likeness (QED) is 0.435. The lowest BCUT2D eigenvalue weighted by atomic mass is 9.92. The average molecular weight is 368 g/mol. The molecule has 0 radical (unpaired) electrons. The summed E-state index contributed by atoms with van der Waals surface area (Å²) < 4.78 is 0. The standard InChI is InChI=1S/C20H24N4O3/c1-13-9-10-17(12-18(13)23-26)21-19(25)22-20(3,4)16-8-6-7-15(11-16)14(2)24-27-5/h6-12H,1-5H3,(H2,21,22,25)/b24-14+. The molecule has 0 bridgehead atoms. The molecule has 2 aromatic rings. The topological polar surface area (TPSA) is 92.2 Å². The zero-order chi connectivity index (χ0) is 20.0. The van der Waals surface area contributed by atoms with Crippen LogP contribution in [0.3, 0.4) is 0 Å². The van der Waals surface area contributed by atoms with E-state index in [1.54, 1.807) is 25.1 Å². The smallest absolute Gasteiger partial charge is 0.319 e. The zero-order valence-electron chi connectivity index (χ0n) is 16.2. The third-order valence-electron chi connectivity index (χ3n) is 4.22. The van der Waals surface area contributed by atoms with E-state index in [0.717, 1.165) is 22.4 Å². The molecule has 0 spiro atoms. The summed E-state index contributed by atoms with van der Waals surface area (Å²) in [4.78, 5) is 28.1. The van der Waals surface area contributed by atoms with Crippen molar-refractivity contribution in [3.05, 3.63) is 64.1 Å². The summed E-state index contributed by atoms with van der Waals surface area (Å²) in [5.41, 5.74) is 3.48. The fourth-order valence-corrected chi connectivity index (χ4v) is 2.63. The van der Waals surface area contributed by atoms with E-state index in [9.17, 15) is 9.70 Å². The van der Waals surface area contributed by atoms with Crippen LogP contribution in [0.2, 0.25) is 0 Å². The molecule has 142 valence electrons. The average Bonchev–Trinajstić information content (AvgIpc) is 2.63. The van der Waals surface area contributed by atoms with Crippen molar-refractivity contribution < 1.29 is 9.63 Å².